The van der Waals surface area contributed by atoms with E-state index in [2.05, 4.69) is 9.47 Å². The Kier molecular flexibility index (Phi) is 4.60. The van der Waals surface area contributed by atoms with Crippen LogP contribution in [0.15, 0.2) is 18.2 Å². The van der Waals surface area contributed by atoms with Gasteiger partial charge in [0.2, 0.25) is 0 Å². The van der Waals surface area contributed by atoms with Crippen molar-refractivity contribution in [1.82, 2.24) is 0 Å². The number of nitrogens with two attached hydrogens (primary N) is 1. The number of esters is 1. The third-order valence-corrected chi connectivity index (χ3v) is 2.23. The number of hydrogen-bond donors (Lipinski definition) is 2. The molecule has 1 aromatic rings. The summed E-state index contributed by atoms with van der Waals surface area (Å²) in [4.78, 5) is 11.1. The minimum atomic E-state index is -4.83. The fraction of sp³-hybridized carbons (Fsp3) is 0.364. The largest absolute Gasteiger partial charge is 0.573 e. The first-order chi connectivity index (χ1) is 8.73. The maximum Gasteiger partial charge on any atom is 0.573 e. The van der Waals surface area contributed by atoms with E-state index in [0.717, 1.165) is 25.3 Å². The van der Waals surface area contributed by atoms with E-state index < -0.39 is 24.1 Å². The van der Waals surface area contributed by atoms with E-state index in [1.54, 1.807) is 0 Å². The number of ether oxygens (including phenoxy) is 2. The molecule has 0 spiro atoms. The number of halogens is 3. The zero-order valence-electron chi connectivity index (χ0n) is 9.90. The van der Waals surface area contributed by atoms with E-state index in [-0.39, 0.29) is 17.7 Å². The lowest BCUT2D eigenvalue weighted by molar-refractivity contribution is -0.274. The fourth-order valence-corrected chi connectivity index (χ4v) is 1.39. The summed E-state index contributed by atoms with van der Waals surface area (Å²) >= 11 is 0. The molecule has 1 rings (SSSR count). The molecule has 106 valence electrons. The molecule has 1 atom stereocenters. The Bertz CT molecular complexity index is 462. The lowest BCUT2D eigenvalue weighted by atomic mass is 10.1. The van der Waals surface area contributed by atoms with Gasteiger partial charge in [-0.2, -0.15) is 0 Å². The Morgan fingerprint density at radius 2 is 2.11 bits per heavy atom. The van der Waals surface area contributed by atoms with E-state index in [9.17, 15) is 23.1 Å². The van der Waals surface area contributed by atoms with Crippen molar-refractivity contribution in [2.75, 3.05) is 7.11 Å². The number of methoxy groups -OCH3 is 1. The highest BCUT2D eigenvalue weighted by atomic mass is 19.4. The Morgan fingerprint density at radius 3 is 2.63 bits per heavy atom. The average molecular weight is 279 g/mol. The van der Waals surface area contributed by atoms with Gasteiger partial charge in [-0.05, 0) is 23.8 Å². The first-order valence-corrected chi connectivity index (χ1v) is 5.14. The van der Waals surface area contributed by atoms with Crippen molar-refractivity contribution in [3.63, 3.8) is 0 Å². The minimum Gasteiger partial charge on any atom is -0.508 e. The molecule has 0 aromatic heterocycles. The molecule has 0 amide bonds. The van der Waals surface area contributed by atoms with E-state index >= 15 is 0 Å². The molecule has 1 unspecified atom stereocenters. The molecular weight excluding hydrogens is 267 g/mol. The Hall–Kier alpha value is -1.96. The van der Waals surface area contributed by atoms with Crippen molar-refractivity contribution in [3.8, 4) is 11.5 Å². The van der Waals surface area contributed by atoms with Crippen molar-refractivity contribution in [1.29, 1.82) is 0 Å². The van der Waals surface area contributed by atoms with Gasteiger partial charge < -0.3 is 20.3 Å². The number of carbonyl (C=O) groups excluding carboxylic acids is 1. The standard InChI is InChI=1S/C11H12F3NO4/c1-18-10(17)8(15)5-6-4-7(2-3-9(6)16)19-11(12,13)14/h2-4,8,16H,5,15H2,1H3. The number of phenolic OH excluding ortho intramolecular Hbond substituents is 1. The summed E-state index contributed by atoms with van der Waals surface area (Å²) < 4.78 is 44.2. The Balaban J connectivity index is 2.88. The Labute approximate surface area is 106 Å². The molecule has 0 saturated carbocycles. The summed E-state index contributed by atoms with van der Waals surface area (Å²) in [7, 11) is 1.13. The van der Waals surface area contributed by atoms with Gasteiger partial charge in [-0.15, -0.1) is 13.2 Å². The summed E-state index contributed by atoms with van der Waals surface area (Å²) in [6, 6.07) is 1.86. The van der Waals surface area contributed by atoms with Crippen LogP contribution in [0.3, 0.4) is 0 Å². The van der Waals surface area contributed by atoms with Gasteiger partial charge in [0.1, 0.15) is 17.5 Å². The predicted octanol–water partition coefficient (Wildman–Crippen LogP) is 1.33. The Morgan fingerprint density at radius 1 is 1.47 bits per heavy atom. The van der Waals surface area contributed by atoms with E-state index in [0.29, 0.717) is 0 Å². The number of alkyl halides is 3. The van der Waals surface area contributed by atoms with E-state index in [4.69, 9.17) is 5.73 Å². The van der Waals surface area contributed by atoms with Crippen molar-refractivity contribution in [2.45, 2.75) is 18.8 Å². The molecule has 0 heterocycles. The van der Waals surface area contributed by atoms with Gasteiger partial charge in [-0.3, -0.25) is 4.79 Å². The van der Waals surface area contributed by atoms with Crippen LogP contribution in [0.4, 0.5) is 13.2 Å². The highest BCUT2D eigenvalue weighted by molar-refractivity contribution is 5.75. The lowest BCUT2D eigenvalue weighted by Crippen LogP contribution is -2.33. The van der Waals surface area contributed by atoms with Crippen LogP contribution < -0.4 is 10.5 Å². The number of benzene rings is 1. The van der Waals surface area contributed by atoms with Crippen molar-refractivity contribution < 1.29 is 32.5 Å². The molecule has 0 radical (unpaired) electrons. The van der Waals surface area contributed by atoms with Crippen molar-refractivity contribution in [3.05, 3.63) is 23.8 Å². The molecule has 0 aliphatic carbocycles. The second kappa shape index (κ2) is 5.79. The van der Waals surface area contributed by atoms with Crippen LogP contribution in [0.5, 0.6) is 11.5 Å². The number of hydrogen-bond acceptors (Lipinski definition) is 5. The fourth-order valence-electron chi connectivity index (χ4n) is 1.39. The third kappa shape index (κ3) is 4.66. The monoisotopic (exact) mass is 279 g/mol. The van der Waals surface area contributed by atoms with E-state index in [1.165, 1.54) is 0 Å². The quantitative estimate of drug-likeness (QED) is 0.813. The lowest BCUT2D eigenvalue weighted by Gasteiger charge is -2.13. The minimum absolute atomic E-state index is 0.0552. The molecule has 0 aliphatic heterocycles. The molecule has 0 fully saturated rings. The van der Waals surface area contributed by atoms with Crippen LogP contribution in [0.25, 0.3) is 0 Å². The van der Waals surface area contributed by atoms with E-state index in [1.807, 2.05) is 0 Å². The maximum atomic E-state index is 12.0. The number of rotatable bonds is 4. The first-order valence-electron chi connectivity index (χ1n) is 5.14. The highest BCUT2D eigenvalue weighted by Crippen LogP contribution is 2.28. The average Bonchev–Trinajstić information content (AvgIpc) is 2.30. The van der Waals surface area contributed by atoms with Crippen molar-refractivity contribution >= 4 is 5.97 Å². The normalized spacial score (nSPS) is 12.9. The van der Waals surface area contributed by atoms with Gasteiger partial charge in [0.05, 0.1) is 7.11 Å². The second-order valence-corrected chi connectivity index (χ2v) is 3.67. The molecule has 5 nitrogen and oxygen atoms in total. The summed E-state index contributed by atoms with van der Waals surface area (Å²) in [5, 5.41) is 9.49. The zero-order chi connectivity index (χ0) is 14.6. The molecule has 0 saturated heterocycles. The van der Waals surface area contributed by atoms with Gasteiger partial charge >= 0.3 is 12.3 Å². The van der Waals surface area contributed by atoms with Gasteiger partial charge in [0, 0.05) is 6.42 Å². The van der Waals surface area contributed by atoms with Gasteiger partial charge in [-0.1, -0.05) is 0 Å². The highest BCUT2D eigenvalue weighted by Gasteiger charge is 2.31. The zero-order valence-corrected chi connectivity index (χ0v) is 9.90. The van der Waals surface area contributed by atoms with Gasteiger partial charge in [0.25, 0.3) is 0 Å². The molecule has 0 aliphatic rings. The molecular formula is C11H12F3NO4. The maximum absolute atomic E-state index is 12.0. The van der Waals surface area contributed by atoms with Crippen LogP contribution in [0, 0.1) is 0 Å². The van der Waals surface area contributed by atoms with Gasteiger partial charge in [0.15, 0.2) is 0 Å². The molecule has 19 heavy (non-hydrogen) atoms. The summed E-state index contributed by atoms with van der Waals surface area (Å²) in [6.07, 6.45) is -5.01. The van der Waals surface area contributed by atoms with Crippen LogP contribution in [0.2, 0.25) is 0 Å². The summed E-state index contributed by atoms with van der Waals surface area (Å²) in [6.45, 7) is 0. The predicted molar refractivity (Wildman–Crippen MR) is 58.5 cm³/mol. The van der Waals surface area contributed by atoms with Crippen LogP contribution in [-0.2, 0) is 16.0 Å². The molecule has 8 heteroatoms. The molecule has 3 N–H and O–H groups in total. The van der Waals surface area contributed by atoms with Crippen molar-refractivity contribution in [2.24, 2.45) is 5.73 Å². The van der Waals surface area contributed by atoms with Crippen LogP contribution in [-0.4, -0.2) is 30.6 Å². The van der Waals surface area contributed by atoms with Crippen LogP contribution in [0.1, 0.15) is 5.56 Å². The smallest absolute Gasteiger partial charge is 0.508 e. The second-order valence-electron chi connectivity index (χ2n) is 3.67. The SMILES string of the molecule is COC(=O)C(N)Cc1cc(OC(F)(F)F)ccc1O. The molecule has 1 aromatic carbocycles. The summed E-state index contributed by atoms with van der Waals surface area (Å²) in [5.41, 5.74) is 5.51. The van der Waals surface area contributed by atoms with Crippen LogP contribution >= 0.6 is 0 Å². The number of aromatic hydroxyl groups is 1. The topological polar surface area (TPSA) is 81.8 Å². The third-order valence-electron chi connectivity index (χ3n) is 2.23. The number of carbonyl (C=O) groups is 1. The first kappa shape index (κ1) is 15.1. The number of phenols is 1. The molecule has 0 bridgehead atoms. The summed E-state index contributed by atoms with van der Waals surface area (Å²) in [5.74, 6) is -1.52. The van der Waals surface area contributed by atoms with Gasteiger partial charge in [-0.25, -0.2) is 0 Å².